The van der Waals surface area contributed by atoms with Gasteiger partial charge in [0.2, 0.25) is 0 Å². The first-order valence-electron chi connectivity index (χ1n) is 5.95. The highest BCUT2D eigenvalue weighted by molar-refractivity contribution is 5.30. The normalized spacial score (nSPS) is 19.9. The largest absolute Gasteiger partial charge is 0.489 e. The van der Waals surface area contributed by atoms with Gasteiger partial charge in [0.05, 0.1) is 12.7 Å². The molecule has 0 amide bonds. The third kappa shape index (κ3) is 3.58. The van der Waals surface area contributed by atoms with Crippen LogP contribution in [0.2, 0.25) is 0 Å². The molecule has 0 radical (unpaired) electrons. The summed E-state index contributed by atoms with van der Waals surface area (Å²) in [7, 11) is 0. The van der Waals surface area contributed by atoms with E-state index in [-0.39, 0.29) is 6.10 Å². The smallest absolute Gasteiger partial charge is 0.120 e. The molecule has 0 aromatic heterocycles. The molecular formula is C14H19NO2. The molecule has 1 aromatic rings. The first-order chi connectivity index (χ1) is 8.25. The van der Waals surface area contributed by atoms with Gasteiger partial charge in [0.15, 0.2) is 0 Å². The van der Waals surface area contributed by atoms with Gasteiger partial charge in [-0.05, 0) is 30.2 Å². The van der Waals surface area contributed by atoms with Crippen molar-refractivity contribution < 1.29 is 9.47 Å². The maximum absolute atomic E-state index is 5.71. The minimum atomic E-state index is 0.136. The van der Waals surface area contributed by atoms with Crippen LogP contribution in [0.25, 0.3) is 0 Å². The van der Waals surface area contributed by atoms with E-state index in [0.29, 0.717) is 6.61 Å². The van der Waals surface area contributed by atoms with Crippen LogP contribution in [-0.4, -0.2) is 26.3 Å². The lowest BCUT2D eigenvalue weighted by Gasteiger charge is -2.24. The second kappa shape index (κ2) is 5.84. The van der Waals surface area contributed by atoms with Gasteiger partial charge in [-0.3, -0.25) is 0 Å². The van der Waals surface area contributed by atoms with Gasteiger partial charge in [-0.25, -0.2) is 0 Å². The van der Waals surface area contributed by atoms with Crippen molar-refractivity contribution in [3.63, 3.8) is 0 Å². The van der Waals surface area contributed by atoms with Crippen LogP contribution in [0.15, 0.2) is 36.4 Å². The number of benzene rings is 1. The average molecular weight is 233 g/mol. The number of morpholine rings is 1. The molecule has 1 heterocycles. The summed E-state index contributed by atoms with van der Waals surface area (Å²) in [6, 6.07) is 8.08. The summed E-state index contributed by atoms with van der Waals surface area (Å²) in [6.45, 7) is 8.91. The van der Waals surface area contributed by atoms with Gasteiger partial charge in [0.25, 0.3) is 0 Å². The van der Waals surface area contributed by atoms with Crippen molar-refractivity contribution in [1.29, 1.82) is 0 Å². The third-order valence-corrected chi connectivity index (χ3v) is 2.64. The molecule has 0 spiro atoms. The highest BCUT2D eigenvalue weighted by atomic mass is 16.5. The number of nitrogens with one attached hydrogen (secondary N) is 1. The lowest BCUT2D eigenvalue weighted by molar-refractivity contribution is 0.0275. The van der Waals surface area contributed by atoms with E-state index in [2.05, 4.69) is 18.0 Å². The minimum Gasteiger partial charge on any atom is -0.489 e. The number of rotatable bonds is 4. The van der Waals surface area contributed by atoms with Gasteiger partial charge >= 0.3 is 0 Å². The Morgan fingerprint density at radius 1 is 1.59 bits per heavy atom. The second-order valence-corrected chi connectivity index (χ2v) is 4.38. The van der Waals surface area contributed by atoms with Crippen LogP contribution < -0.4 is 10.1 Å². The monoisotopic (exact) mass is 233 g/mol. The van der Waals surface area contributed by atoms with Crippen LogP contribution >= 0.6 is 0 Å². The Morgan fingerprint density at radius 2 is 2.47 bits per heavy atom. The van der Waals surface area contributed by atoms with Crippen molar-refractivity contribution >= 4 is 0 Å². The van der Waals surface area contributed by atoms with E-state index in [1.54, 1.807) is 0 Å². The fourth-order valence-electron chi connectivity index (χ4n) is 1.79. The first kappa shape index (κ1) is 12.1. The van der Waals surface area contributed by atoms with Crippen LogP contribution in [0.5, 0.6) is 5.75 Å². The van der Waals surface area contributed by atoms with Crippen LogP contribution in [0.3, 0.4) is 0 Å². The van der Waals surface area contributed by atoms with Crippen molar-refractivity contribution in [1.82, 2.24) is 5.32 Å². The molecule has 1 fully saturated rings. The summed E-state index contributed by atoms with van der Waals surface area (Å²) < 4.78 is 11.3. The zero-order valence-electron chi connectivity index (χ0n) is 10.2. The van der Waals surface area contributed by atoms with E-state index < -0.39 is 0 Å². The van der Waals surface area contributed by atoms with Crippen molar-refractivity contribution in [2.45, 2.75) is 13.0 Å². The Hall–Kier alpha value is -1.32. The highest BCUT2D eigenvalue weighted by Gasteiger charge is 2.15. The Balaban J connectivity index is 2.02. The van der Waals surface area contributed by atoms with Gasteiger partial charge in [-0.2, -0.15) is 0 Å². The molecule has 1 aliphatic heterocycles. The Kier molecular flexibility index (Phi) is 4.18. The maximum Gasteiger partial charge on any atom is 0.120 e. The van der Waals surface area contributed by atoms with E-state index >= 15 is 0 Å². The molecule has 17 heavy (non-hydrogen) atoms. The van der Waals surface area contributed by atoms with Crippen LogP contribution in [0.1, 0.15) is 18.6 Å². The molecule has 0 saturated carbocycles. The molecule has 1 unspecified atom stereocenters. The highest BCUT2D eigenvalue weighted by Crippen LogP contribution is 2.23. The fraction of sp³-hybridized carbons (Fsp3) is 0.429. The van der Waals surface area contributed by atoms with Crippen LogP contribution in [0, 0.1) is 0 Å². The van der Waals surface area contributed by atoms with Gasteiger partial charge in [0, 0.05) is 13.1 Å². The molecule has 2 rings (SSSR count). The molecule has 1 aromatic carbocycles. The fourth-order valence-corrected chi connectivity index (χ4v) is 1.79. The zero-order valence-corrected chi connectivity index (χ0v) is 10.2. The molecule has 1 aliphatic rings. The van der Waals surface area contributed by atoms with E-state index in [9.17, 15) is 0 Å². The van der Waals surface area contributed by atoms with Gasteiger partial charge in [-0.1, -0.05) is 18.7 Å². The van der Waals surface area contributed by atoms with Gasteiger partial charge < -0.3 is 14.8 Å². The molecule has 92 valence electrons. The van der Waals surface area contributed by atoms with Gasteiger partial charge in [0.1, 0.15) is 12.4 Å². The van der Waals surface area contributed by atoms with Crippen molar-refractivity contribution in [2.24, 2.45) is 0 Å². The third-order valence-electron chi connectivity index (χ3n) is 2.64. The lowest BCUT2D eigenvalue weighted by Crippen LogP contribution is -2.33. The number of hydrogen-bond acceptors (Lipinski definition) is 3. The van der Waals surface area contributed by atoms with E-state index in [0.717, 1.165) is 36.6 Å². The minimum absolute atomic E-state index is 0.136. The molecule has 1 atom stereocenters. The van der Waals surface area contributed by atoms with Crippen molar-refractivity contribution in [3.05, 3.63) is 42.0 Å². The molecule has 3 heteroatoms. The summed E-state index contributed by atoms with van der Waals surface area (Å²) in [5, 5.41) is 3.32. The SMILES string of the molecule is C=C(C)COc1cccc(C2CNCCO2)c1. The Bertz CT molecular complexity index is 384. The lowest BCUT2D eigenvalue weighted by atomic mass is 10.1. The predicted molar refractivity (Wildman–Crippen MR) is 68.3 cm³/mol. The average Bonchev–Trinajstić information content (AvgIpc) is 2.38. The summed E-state index contributed by atoms with van der Waals surface area (Å²) in [5.74, 6) is 0.875. The molecule has 0 aliphatic carbocycles. The molecule has 0 bridgehead atoms. The molecular weight excluding hydrogens is 214 g/mol. The van der Waals surface area contributed by atoms with Crippen molar-refractivity contribution in [3.8, 4) is 5.75 Å². The van der Waals surface area contributed by atoms with Gasteiger partial charge in [-0.15, -0.1) is 0 Å². The number of hydrogen-bond donors (Lipinski definition) is 1. The standard InChI is InChI=1S/C14H19NO2/c1-11(2)10-17-13-5-3-4-12(8-13)14-9-15-6-7-16-14/h3-5,8,14-15H,1,6-7,9-10H2,2H3. The van der Waals surface area contributed by atoms with E-state index in [1.165, 1.54) is 0 Å². The maximum atomic E-state index is 5.71. The number of ether oxygens (including phenoxy) is 2. The van der Waals surface area contributed by atoms with Crippen LogP contribution in [-0.2, 0) is 4.74 Å². The Labute approximate surface area is 102 Å². The summed E-state index contributed by atoms with van der Waals surface area (Å²) in [5.41, 5.74) is 2.18. The van der Waals surface area contributed by atoms with Crippen LogP contribution in [0.4, 0.5) is 0 Å². The summed E-state index contributed by atoms with van der Waals surface area (Å²) in [6.07, 6.45) is 0.136. The second-order valence-electron chi connectivity index (χ2n) is 4.38. The zero-order chi connectivity index (χ0) is 12.1. The van der Waals surface area contributed by atoms with E-state index in [4.69, 9.17) is 9.47 Å². The Morgan fingerprint density at radius 3 is 3.18 bits per heavy atom. The molecule has 1 N–H and O–H groups in total. The molecule has 3 nitrogen and oxygen atoms in total. The first-order valence-corrected chi connectivity index (χ1v) is 5.95. The predicted octanol–water partition coefficient (Wildman–Crippen LogP) is 2.30. The summed E-state index contributed by atoms with van der Waals surface area (Å²) in [4.78, 5) is 0. The van der Waals surface area contributed by atoms with Crippen molar-refractivity contribution in [2.75, 3.05) is 26.3 Å². The molecule has 1 saturated heterocycles. The summed E-state index contributed by atoms with van der Waals surface area (Å²) >= 11 is 0. The topological polar surface area (TPSA) is 30.5 Å². The van der Waals surface area contributed by atoms with E-state index in [1.807, 2.05) is 25.1 Å². The quantitative estimate of drug-likeness (QED) is 0.809.